The summed E-state index contributed by atoms with van der Waals surface area (Å²) in [5.74, 6) is 1.18. The monoisotopic (exact) mass is 451 g/mol. The maximum atomic E-state index is 2.37. The van der Waals surface area contributed by atoms with E-state index in [1.54, 1.807) is 0 Å². The Morgan fingerprint density at radius 1 is 0.543 bits per heavy atom. The number of para-hydroxylation sites is 3. The summed E-state index contributed by atoms with van der Waals surface area (Å²) < 4.78 is 4.69. The van der Waals surface area contributed by atoms with Gasteiger partial charge in [-0.3, -0.25) is 0 Å². The van der Waals surface area contributed by atoms with Gasteiger partial charge in [0.2, 0.25) is 0 Å². The van der Waals surface area contributed by atoms with Gasteiger partial charge >= 0.3 is 0 Å². The smallest absolute Gasteiger partial charge is 0.225 e. The van der Waals surface area contributed by atoms with Crippen LogP contribution in [0.5, 0.6) is 0 Å². The Labute approximate surface area is 206 Å². The summed E-state index contributed by atoms with van der Waals surface area (Å²) in [4.78, 5) is 0. The van der Waals surface area contributed by atoms with Gasteiger partial charge in [-0.05, 0) is 65.1 Å². The molecule has 2 heteroatoms. The normalized spacial score (nSPS) is 11.1. The third-order valence-electron chi connectivity index (χ3n) is 6.83. The van der Waals surface area contributed by atoms with E-state index in [-0.39, 0.29) is 0 Å². The van der Waals surface area contributed by atoms with Crippen molar-refractivity contribution in [3.8, 4) is 39.3 Å². The Morgan fingerprint density at radius 3 is 1.80 bits per heavy atom. The van der Waals surface area contributed by atoms with Gasteiger partial charge in [0.05, 0.1) is 12.6 Å². The molecule has 2 nitrogen and oxygen atoms in total. The summed E-state index contributed by atoms with van der Waals surface area (Å²) >= 11 is 0. The van der Waals surface area contributed by atoms with Gasteiger partial charge in [-0.15, -0.1) is 0 Å². The maximum Gasteiger partial charge on any atom is 0.295 e. The number of nitrogens with zero attached hydrogens (tertiary/aromatic N) is 2. The van der Waals surface area contributed by atoms with Crippen LogP contribution in [-0.4, -0.2) is 4.57 Å². The first-order chi connectivity index (χ1) is 17.2. The second-order valence-corrected chi connectivity index (χ2v) is 9.02. The molecule has 0 radical (unpaired) electrons. The van der Waals surface area contributed by atoms with Crippen LogP contribution in [0, 0.1) is 6.92 Å². The minimum Gasteiger partial charge on any atom is -0.225 e. The van der Waals surface area contributed by atoms with Crippen LogP contribution in [0.25, 0.3) is 50.4 Å². The molecule has 0 aliphatic heterocycles. The number of hydrogen-bond acceptors (Lipinski definition) is 0. The summed E-state index contributed by atoms with van der Waals surface area (Å²) in [5, 5.41) is 0. The van der Waals surface area contributed by atoms with Crippen LogP contribution in [0.2, 0.25) is 0 Å². The lowest BCUT2D eigenvalue weighted by atomic mass is 9.97. The molecule has 0 N–H and O–H groups in total. The fourth-order valence-corrected chi connectivity index (χ4v) is 4.98. The fraction of sp³-hybridized carbons (Fsp3) is 0.0606. The van der Waals surface area contributed by atoms with Crippen LogP contribution in [0.4, 0.5) is 0 Å². The summed E-state index contributed by atoms with van der Waals surface area (Å²) in [5.41, 5.74) is 11.0. The Hall–Kier alpha value is -4.43. The fourth-order valence-electron chi connectivity index (χ4n) is 4.98. The van der Waals surface area contributed by atoms with Crippen molar-refractivity contribution >= 4 is 11.0 Å². The van der Waals surface area contributed by atoms with E-state index < -0.39 is 0 Å². The molecule has 0 atom stereocenters. The molecule has 0 bridgehead atoms. The van der Waals surface area contributed by atoms with Gasteiger partial charge in [0.1, 0.15) is 5.69 Å². The summed E-state index contributed by atoms with van der Waals surface area (Å²) in [6.07, 6.45) is 0. The average Bonchev–Trinajstić information content (AvgIpc) is 3.22. The van der Waals surface area contributed by atoms with Gasteiger partial charge in [-0.2, -0.15) is 4.57 Å². The van der Waals surface area contributed by atoms with Gasteiger partial charge in [0.15, 0.2) is 11.0 Å². The first-order valence-corrected chi connectivity index (χ1v) is 12.0. The maximum absolute atomic E-state index is 2.37. The predicted molar refractivity (Wildman–Crippen MR) is 145 cm³/mol. The van der Waals surface area contributed by atoms with Crippen LogP contribution in [0.1, 0.15) is 5.56 Å². The zero-order valence-electron chi connectivity index (χ0n) is 20.0. The molecule has 35 heavy (non-hydrogen) atoms. The summed E-state index contributed by atoms with van der Waals surface area (Å²) in [6, 6.07) is 45.5. The number of benzene rings is 5. The van der Waals surface area contributed by atoms with Crippen molar-refractivity contribution in [2.45, 2.75) is 6.92 Å². The lowest BCUT2D eigenvalue weighted by molar-refractivity contribution is -0.633. The molecule has 0 amide bonds. The molecular formula is C33H27N2+. The SMILES string of the molecule is Cc1ccc(-c2ccc(-c3ccccc3)cc2)cc1-c1n(-c2ccccc2)c2ccccc2[n+]1C. The average molecular weight is 452 g/mol. The minimum atomic E-state index is 1.16. The highest BCUT2D eigenvalue weighted by Gasteiger charge is 2.27. The Bertz CT molecular complexity index is 1630. The lowest BCUT2D eigenvalue weighted by Crippen LogP contribution is -2.30. The zero-order valence-corrected chi connectivity index (χ0v) is 20.0. The third kappa shape index (κ3) is 3.74. The first kappa shape index (κ1) is 21.1. The van der Waals surface area contributed by atoms with Gasteiger partial charge in [0, 0.05) is 0 Å². The molecule has 6 aromatic rings. The number of fused-ring (bicyclic) bond motifs is 1. The topological polar surface area (TPSA) is 8.81 Å². The van der Waals surface area contributed by atoms with Crippen molar-refractivity contribution in [1.29, 1.82) is 0 Å². The molecule has 1 aromatic heterocycles. The van der Waals surface area contributed by atoms with Crippen LogP contribution in [0.3, 0.4) is 0 Å². The summed E-state index contributed by atoms with van der Waals surface area (Å²) in [6.45, 7) is 2.20. The van der Waals surface area contributed by atoms with Crippen molar-refractivity contribution < 1.29 is 4.57 Å². The van der Waals surface area contributed by atoms with Gasteiger partial charge in [0.25, 0.3) is 5.82 Å². The molecule has 1 heterocycles. The van der Waals surface area contributed by atoms with E-state index in [2.05, 4.69) is 150 Å². The van der Waals surface area contributed by atoms with E-state index in [4.69, 9.17) is 0 Å². The highest BCUT2D eigenvalue weighted by molar-refractivity contribution is 5.81. The van der Waals surface area contributed by atoms with Crippen LogP contribution >= 0.6 is 0 Å². The molecular weight excluding hydrogens is 424 g/mol. The van der Waals surface area contributed by atoms with E-state index in [0.29, 0.717) is 0 Å². The summed E-state index contributed by atoms with van der Waals surface area (Å²) in [7, 11) is 2.16. The Morgan fingerprint density at radius 2 is 1.09 bits per heavy atom. The van der Waals surface area contributed by atoms with Crippen LogP contribution < -0.4 is 4.57 Å². The van der Waals surface area contributed by atoms with Gasteiger partial charge in [-0.25, -0.2) is 4.57 Å². The highest BCUT2D eigenvalue weighted by atomic mass is 15.2. The number of imidazole rings is 1. The largest absolute Gasteiger partial charge is 0.295 e. The van der Waals surface area contributed by atoms with E-state index in [1.807, 2.05) is 0 Å². The highest BCUT2D eigenvalue weighted by Crippen LogP contribution is 2.33. The molecule has 0 aliphatic carbocycles. The van der Waals surface area contributed by atoms with E-state index in [1.165, 1.54) is 50.2 Å². The quantitative estimate of drug-likeness (QED) is 0.242. The predicted octanol–water partition coefficient (Wildman–Crippen LogP) is 7.76. The molecule has 0 spiro atoms. The third-order valence-corrected chi connectivity index (χ3v) is 6.83. The second-order valence-electron chi connectivity index (χ2n) is 9.02. The minimum absolute atomic E-state index is 1.16. The first-order valence-electron chi connectivity index (χ1n) is 12.0. The Kier molecular flexibility index (Phi) is 5.27. The van der Waals surface area contributed by atoms with Crippen molar-refractivity contribution in [2.24, 2.45) is 7.05 Å². The van der Waals surface area contributed by atoms with Crippen LogP contribution in [0.15, 0.2) is 127 Å². The molecule has 5 aromatic carbocycles. The van der Waals surface area contributed by atoms with E-state index in [9.17, 15) is 0 Å². The van der Waals surface area contributed by atoms with E-state index in [0.717, 1.165) is 5.69 Å². The van der Waals surface area contributed by atoms with Crippen molar-refractivity contribution in [1.82, 2.24) is 4.57 Å². The second kappa shape index (κ2) is 8.73. The molecule has 0 saturated heterocycles. The molecule has 0 saturated carbocycles. The van der Waals surface area contributed by atoms with E-state index >= 15 is 0 Å². The lowest BCUT2D eigenvalue weighted by Gasteiger charge is -2.10. The Balaban J connectivity index is 1.51. The number of hydrogen-bond donors (Lipinski definition) is 0. The number of rotatable bonds is 4. The van der Waals surface area contributed by atoms with Gasteiger partial charge in [-0.1, -0.05) is 97.1 Å². The molecule has 0 fully saturated rings. The van der Waals surface area contributed by atoms with Crippen molar-refractivity contribution in [3.63, 3.8) is 0 Å². The van der Waals surface area contributed by atoms with Crippen molar-refractivity contribution in [2.75, 3.05) is 0 Å². The standard InChI is InChI=1S/C33H27N2/c1-24-17-18-28(27-21-19-26(20-22-27)25-11-5-3-6-12-25)23-30(24)33-34(2)31-15-9-10-16-32(31)35(33)29-13-7-4-8-14-29/h3-23H,1-2H3/q+1. The zero-order chi connectivity index (χ0) is 23.8. The molecule has 6 rings (SSSR count). The molecule has 0 unspecified atom stereocenters. The number of aryl methyl sites for hydroxylation is 2. The number of aromatic nitrogens is 2. The molecule has 168 valence electrons. The molecule has 0 aliphatic rings. The van der Waals surface area contributed by atoms with Gasteiger partial charge < -0.3 is 0 Å². The van der Waals surface area contributed by atoms with Crippen LogP contribution in [-0.2, 0) is 7.05 Å². The van der Waals surface area contributed by atoms with Crippen molar-refractivity contribution in [3.05, 3.63) is 133 Å².